The zero-order chi connectivity index (χ0) is 9.14. The highest BCUT2D eigenvalue weighted by molar-refractivity contribution is 6.78. The van der Waals surface area contributed by atoms with E-state index in [1.807, 2.05) is 0 Å². The largest absolute Gasteiger partial charge is 0.346 e. The fourth-order valence-electron chi connectivity index (χ4n) is 1.36. The van der Waals surface area contributed by atoms with Gasteiger partial charge in [-0.05, 0) is 27.2 Å². The lowest BCUT2D eigenvalue weighted by atomic mass is 11.6. The maximum atomic E-state index is 3.72. The van der Waals surface area contributed by atoms with Crippen molar-refractivity contribution < 1.29 is 0 Å². The van der Waals surface area contributed by atoms with Crippen LogP contribution in [-0.4, -0.2) is 60.5 Å². The molecule has 1 saturated heterocycles. The fourth-order valence-corrected chi connectivity index (χ4v) is 15.8. The van der Waals surface area contributed by atoms with Crippen molar-refractivity contribution in [2.45, 2.75) is 13.1 Å². The molecule has 2 unspecified atom stereocenters. The first-order valence-electron chi connectivity index (χ1n) is 4.49. The summed E-state index contributed by atoms with van der Waals surface area (Å²) >= 11 is 0. The second kappa shape index (κ2) is 4.81. The van der Waals surface area contributed by atoms with Gasteiger partial charge in [0.1, 0.15) is 0 Å². The summed E-state index contributed by atoms with van der Waals surface area (Å²) in [7, 11) is 2.93. The van der Waals surface area contributed by atoms with Crippen LogP contribution in [0.3, 0.4) is 0 Å². The van der Waals surface area contributed by atoms with Crippen molar-refractivity contribution in [3.8, 4) is 0 Å². The molecule has 0 aromatic rings. The Labute approximate surface area is 83.2 Å². The van der Waals surface area contributed by atoms with Crippen LogP contribution in [0, 0.1) is 0 Å². The van der Waals surface area contributed by atoms with Crippen LogP contribution in [0.4, 0.5) is 0 Å². The summed E-state index contributed by atoms with van der Waals surface area (Å²) in [4.78, 5) is 0. The Balaban J connectivity index is 2.55. The van der Waals surface area contributed by atoms with E-state index in [2.05, 4.69) is 44.9 Å². The average molecular weight is 237 g/mol. The van der Waals surface area contributed by atoms with E-state index in [1.165, 1.54) is 0 Å². The van der Waals surface area contributed by atoms with Crippen molar-refractivity contribution in [2.75, 3.05) is 14.1 Å². The van der Waals surface area contributed by atoms with E-state index in [0.717, 1.165) is 0 Å². The lowest BCUT2D eigenvalue weighted by molar-refractivity contribution is 0.669. The van der Waals surface area contributed by atoms with Crippen molar-refractivity contribution in [3.05, 3.63) is 0 Å². The summed E-state index contributed by atoms with van der Waals surface area (Å²) in [5.41, 5.74) is 0. The van der Waals surface area contributed by atoms with E-state index in [4.69, 9.17) is 0 Å². The summed E-state index contributed by atoms with van der Waals surface area (Å²) < 4.78 is 12.7. The van der Waals surface area contributed by atoms with Crippen molar-refractivity contribution in [1.82, 2.24) is 17.8 Å². The Hall–Kier alpha value is 0.708. The van der Waals surface area contributed by atoms with Gasteiger partial charge in [0.25, 0.3) is 0 Å². The van der Waals surface area contributed by atoms with Gasteiger partial charge in [-0.15, -0.1) is 0 Å². The average Bonchev–Trinajstić information content (AvgIpc) is 2.07. The van der Waals surface area contributed by atoms with Gasteiger partial charge >= 0.3 is 0 Å². The predicted octanol–water partition coefficient (Wildman–Crippen LogP) is -3.26. The quantitative estimate of drug-likeness (QED) is 0.433. The van der Waals surface area contributed by atoms with Gasteiger partial charge in [-0.3, -0.25) is 0 Å². The van der Waals surface area contributed by atoms with E-state index in [0.29, 0.717) is 0 Å². The number of rotatable bonds is 0. The molecule has 1 heterocycles. The molecule has 0 aromatic heterocycles. The highest BCUT2D eigenvalue weighted by Gasteiger charge is 2.23. The minimum absolute atomic E-state index is 0.101. The molecule has 1 rings (SSSR count). The van der Waals surface area contributed by atoms with Gasteiger partial charge in [0.2, 0.25) is 0 Å². The van der Waals surface area contributed by atoms with Crippen molar-refractivity contribution >= 4 is 37.9 Å². The highest BCUT2D eigenvalue weighted by atomic mass is 28.4. The molecule has 1 fully saturated rings. The molecule has 1 aliphatic rings. The molecule has 0 bridgehead atoms. The normalized spacial score (nSPS) is 40.0. The first-order chi connectivity index (χ1) is 5.63. The first-order valence-corrected chi connectivity index (χ1v) is 11.7. The van der Waals surface area contributed by atoms with Crippen LogP contribution >= 0.6 is 0 Å². The zero-order valence-corrected chi connectivity index (χ0v) is 13.6. The minimum Gasteiger partial charge on any atom is -0.346 e. The summed E-state index contributed by atoms with van der Waals surface area (Å²) in [6.07, 6.45) is 0. The monoisotopic (exact) mass is 236 g/mol. The third-order valence-electron chi connectivity index (χ3n) is 2.72. The second-order valence-corrected chi connectivity index (χ2v) is 15.3. The van der Waals surface area contributed by atoms with E-state index in [1.54, 1.807) is 0 Å². The van der Waals surface area contributed by atoms with Gasteiger partial charge in [0.05, 0.1) is 0 Å². The Kier molecular flexibility index (Phi) is 4.32. The van der Waals surface area contributed by atoms with E-state index in [-0.39, 0.29) is 19.7 Å². The number of hydrogen-bond donors (Lipinski definition) is 2. The molecule has 2 N–H and O–H groups in total. The molecule has 0 radical (unpaired) electrons. The molecule has 2 atom stereocenters. The minimum atomic E-state index is -0.734. The van der Waals surface area contributed by atoms with Crippen molar-refractivity contribution in [2.24, 2.45) is 0 Å². The lowest BCUT2D eigenvalue weighted by Gasteiger charge is -2.37. The van der Waals surface area contributed by atoms with Crippen LogP contribution in [0.25, 0.3) is 0 Å². The summed E-state index contributed by atoms with van der Waals surface area (Å²) in [6.45, 7) is 4.84. The maximum Gasteiger partial charge on any atom is 0.174 e. The van der Waals surface area contributed by atoms with Gasteiger partial charge < -0.3 is 17.8 Å². The molecule has 12 heavy (non-hydrogen) atoms. The van der Waals surface area contributed by atoms with Crippen LogP contribution in [0.2, 0.25) is 13.1 Å². The first kappa shape index (κ1) is 10.8. The standard InChI is InChI=1S/C4H20N4Si4/c1-7-10-5-9-6-11(3)8(2)12(7)4/h5-6,11-12H,9-10H2,1-4H3. The third kappa shape index (κ3) is 2.60. The maximum absolute atomic E-state index is 3.72. The molecular formula is C4H20N4Si4. The van der Waals surface area contributed by atoms with Gasteiger partial charge in [-0.2, -0.15) is 0 Å². The number of nitrogens with zero attached hydrogens (tertiary/aromatic N) is 2. The van der Waals surface area contributed by atoms with Crippen LogP contribution in [0.5, 0.6) is 0 Å². The molecule has 0 amide bonds. The Bertz CT molecular complexity index is 131. The molecule has 4 nitrogen and oxygen atoms in total. The van der Waals surface area contributed by atoms with Gasteiger partial charge in [-0.1, -0.05) is 0 Å². The lowest BCUT2D eigenvalue weighted by Crippen LogP contribution is -2.65. The van der Waals surface area contributed by atoms with Crippen LogP contribution in [0.1, 0.15) is 0 Å². The second-order valence-electron chi connectivity index (χ2n) is 3.52. The Morgan fingerprint density at radius 3 is 2.58 bits per heavy atom. The molecule has 8 heteroatoms. The van der Waals surface area contributed by atoms with Crippen molar-refractivity contribution in [1.29, 1.82) is 0 Å². The topological polar surface area (TPSA) is 30.5 Å². The Morgan fingerprint density at radius 2 is 1.92 bits per heavy atom. The summed E-state index contributed by atoms with van der Waals surface area (Å²) in [5.74, 6) is 0. The van der Waals surface area contributed by atoms with Crippen molar-refractivity contribution in [3.63, 3.8) is 0 Å². The third-order valence-corrected chi connectivity index (χ3v) is 16.7. The van der Waals surface area contributed by atoms with Gasteiger partial charge in [-0.25, -0.2) is 0 Å². The summed E-state index contributed by atoms with van der Waals surface area (Å²) in [5, 5.41) is 0. The molecule has 0 spiro atoms. The summed E-state index contributed by atoms with van der Waals surface area (Å²) in [6, 6.07) is 0. The smallest absolute Gasteiger partial charge is 0.174 e. The van der Waals surface area contributed by atoms with Gasteiger partial charge in [0.15, 0.2) is 37.9 Å². The fraction of sp³-hybridized carbons (Fsp3) is 1.00. The Morgan fingerprint density at radius 1 is 1.25 bits per heavy atom. The SMILES string of the molecule is CN1[SiH2]N[SiH2]N[SiH](C)N(C)[SiH]1C. The zero-order valence-electron chi connectivity index (χ0n) is 8.46. The van der Waals surface area contributed by atoms with E-state index in [9.17, 15) is 0 Å². The molecule has 0 saturated carbocycles. The molecule has 0 aromatic carbocycles. The highest BCUT2D eigenvalue weighted by Crippen LogP contribution is 1.97. The van der Waals surface area contributed by atoms with Crippen LogP contribution in [0.15, 0.2) is 0 Å². The van der Waals surface area contributed by atoms with Crippen LogP contribution in [-0.2, 0) is 0 Å². The van der Waals surface area contributed by atoms with E-state index >= 15 is 0 Å². The number of hydrogen-bond acceptors (Lipinski definition) is 4. The molecule has 1 aliphatic heterocycles. The van der Waals surface area contributed by atoms with Gasteiger partial charge in [0, 0.05) is 0 Å². The predicted molar refractivity (Wildman–Crippen MR) is 64.9 cm³/mol. The molecule has 0 aliphatic carbocycles. The van der Waals surface area contributed by atoms with Crippen LogP contribution < -0.4 is 9.30 Å². The van der Waals surface area contributed by atoms with E-state index < -0.39 is 18.2 Å². The molecule has 72 valence electrons. The molecular weight excluding hydrogens is 216 g/mol. The number of nitrogens with one attached hydrogen (secondary N) is 2.